The van der Waals surface area contributed by atoms with Crippen LogP contribution in [0, 0.1) is 30.1 Å². The largest absolute Gasteiger partial charge is 0.326 e. The molecule has 5 rings (SSSR count). The summed E-state index contributed by atoms with van der Waals surface area (Å²) >= 11 is 0. The lowest BCUT2D eigenvalue weighted by molar-refractivity contribution is -0.140. The summed E-state index contributed by atoms with van der Waals surface area (Å²) in [5, 5.41) is 6.02. The van der Waals surface area contributed by atoms with Gasteiger partial charge in [0, 0.05) is 18.3 Å². The molecule has 0 atom stereocenters. The Bertz CT molecular complexity index is 660. The van der Waals surface area contributed by atoms with Gasteiger partial charge in [0.1, 0.15) is 0 Å². The number of hydrogen-bond donors (Lipinski definition) is 2. The summed E-state index contributed by atoms with van der Waals surface area (Å²) < 4.78 is 0. The fourth-order valence-electron chi connectivity index (χ4n) is 5.74. The van der Waals surface area contributed by atoms with E-state index in [4.69, 9.17) is 0 Å². The normalized spacial score (nSPS) is 33.3. The van der Waals surface area contributed by atoms with Gasteiger partial charge in [0.05, 0.1) is 5.41 Å². The molecule has 4 heteroatoms. The van der Waals surface area contributed by atoms with E-state index in [2.05, 4.69) is 10.6 Å². The molecule has 2 amide bonds. The predicted molar refractivity (Wildman–Crippen MR) is 94.7 cm³/mol. The molecule has 4 aliphatic carbocycles. The van der Waals surface area contributed by atoms with Crippen molar-refractivity contribution in [1.29, 1.82) is 0 Å². The summed E-state index contributed by atoms with van der Waals surface area (Å²) in [5.74, 6) is 2.38. The van der Waals surface area contributed by atoms with Crippen molar-refractivity contribution in [3.63, 3.8) is 0 Å². The van der Waals surface area contributed by atoms with Crippen molar-refractivity contribution in [2.24, 2.45) is 23.2 Å². The van der Waals surface area contributed by atoms with E-state index in [-0.39, 0.29) is 17.2 Å². The van der Waals surface area contributed by atoms with Crippen LogP contribution >= 0.6 is 0 Å². The minimum absolute atomic E-state index is 0.0948. The molecular weight excluding hydrogens is 300 g/mol. The second-order valence-corrected chi connectivity index (χ2v) is 8.31. The fraction of sp³-hybridized carbons (Fsp3) is 0.600. The Morgan fingerprint density at radius 3 is 1.96 bits per heavy atom. The maximum atomic E-state index is 13.2. The third kappa shape index (κ3) is 2.62. The van der Waals surface area contributed by atoms with Gasteiger partial charge in [-0.2, -0.15) is 0 Å². The lowest BCUT2D eigenvalue weighted by atomic mass is 9.49. The number of nitrogens with one attached hydrogen (secondary N) is 2. The maximum Gasteiger partial charge on any atom is 0.230 e. The van der Waals surface area contributed by atoms with Crippen molar-refractivity contribution >= 4 is 23.2 Å². The molecule has 4 nitrogen and oxygen atoms in total. The van der Waals surface area contributed by atoms with Crippen molar-refractivity contribution in [3.05, 3.63) is 23.8 Å². The van der Waals surface area contributed by atoms with Crippen LogP contribution in [0.2, 0.25) is 0 Å². The Kier molecular flexibility index (Phi) is 3.66. The Labute approximate surface area is 143 Å². The predicted octanol–water partition coefficient (Wildman–Crippen LogP) is 4.11. The average Bonchev–Trinajstić information content (AvgIpc) is 2.49. The first-order valence-electron chi connectivity index (χ1n) is 9.14. The second-order valence-electron chi connectivity index (χ2n) is 8.31. The second kappa shape index (κ2) is 5.61. The number of amides is 2. The molecule has 0 aliphatic heterocycles. The van der Waals surface area contributed by atoms with Crippen LogP contribution in [0.15, 0.2) is 18.2 Å². The Balaban J connectivity index is 1.55. The van der Waals surface area contributed by atoms with Gasteiger partial charge >= 0.3 is 0 Å². The van der Waals surface area contributed by atoms with Gasteiger partial charge in [-0.3, -0.25) is 9.59 Å². The van der Waals surface area contributed by atoms with E-state index >= 15 is 0 Å². The highest BCUT2D eigenvalue weighted by Gasteiger charge is 2.54. The summed E-state index contributed by atoms with van der Waals surface area (Å²) in [6, 6.07) is 5.68. The van der Waals surface area contributed by atoms with Crippen molar-refractivity contribution in [3.8, 4) is 0 Å². The van der Waals surface area contributed by atoms with E-state index in [1.54, 1.807) is 0 Å². The molecule has 0 saturated heterocycles. The van der Waals surface area contributed by atoms with Crippen LogP contribution < -0.4 is 10.6 Å². The molecule has 0 radical (unpaired) electrons. The van der Waals surface area contributed by atoms with Crippen LogP contribution in [0.25, 0.3) is 0 Å². The van der Waals surface area contributed by atoms with Gasteiger partial charge in [-0.15, -0.1) is 0 Å². The van der Waals surface area contributed by atoms with Gasteiger partial charge in [0.2, 0.25) is 11.8 Å². The zero-order valence-corrected chi connectivity index (χ0v) is 14.5. The van der Waals surface area contributed by atoms with E-state index in [1.165, 1.54) is 26.2 Å². The summed E-state index contributed by atoms with van der Waals surface area (Å²) in [6.07, 6.45) is 7.20. The quantitative estimate of drug-likeness (QED) is 0.878. The SMILES string of the molecule is CC(=O)Nc1cccc(NC(=O)C23CC4CC(CC(C4)C2)C3)c1C. The molecule has 128 valence electrons. The fourth-order valence-corrected chi connectivity index (χ4v) is 5.74. The Morgan fingerprint density at radius 1 is 0.958 bits per heavy atom. The summed E-state index contributed by atoms with van der Waals surface area (Å²) in [5.41, 5.74) is 2.36. The molecule has 0 aromatic heterocycles. The number of carbonyl (C=O) groups excluding carboxylic acids is 2. The first-order valence-corrected chi connectivity index (χ1v) is 9.14. The van der Waals surface area contributed by atoms with E-state index < -0.39 is 0 Å². The van der Waals surface area contributed by atoms with Gasteiger partial charge in [-0.25, -0.2) is 0 Å². The van der Waals surface area contributed by atoms with Crippen molar-refractivity contribution in [2.45, 2.75) is 52.4 Å². The summed E-state index contributed by atoms with van der Waals surface area (Å²) in [6.45, 7) is 3.45. The maximum absolute atomic E-state index is 13.2. The van der Waals surface area contributed by atoms with Gasteiger partial charge < -0.3 is 10.6 Å². The number of benzene rings is 1. The van der Waals surface area contributed by atoms with Gasteiger partial charge in [0.25, 0.3) is 0 Å². The topological polar surface area (TPSA) is 58.2 Å². The van der Waals surface area contributed by atoms with Gasteiger partial charge in [-0.1, -0.05) is 6.07 Å². The van der Waals surface area contributed by atoms with Crippen LogP contribution in [-0.4, -0.2) is 11.8 Å². The summed E-state index contributed by atoms with van der Waals surface area (Å²) in [4.78, 5) is 24.5. The van der Waals surface area contributed by atoms with E-state index in [9.17, 15) is 9.59 Å². The number of carbonyl (C=O) groups is 2. The monoisotopic (exact) mass is 326 g/mol. The van der Waals surface area contributed by atoms with E-state index in [1.807, 2.05) is 25.1 Å². The van der Waals surface area contributed by atoms with Gasteiger partial charge in [-0.05, 0) is 80.9 Å². The highest BCUT2D eigenvalue weighted by molar-refractivity contribution is 5.98. The number of hydrogen-bond acceptors (Lipinski definition) is 2. The van der Waals surface area contributed by atoms with Crippen molar-refractivity contribution in [2.75, 3.05) is 10.6 Å². The molecular formula is C20H26N2O2. The first-order chi connectivity index (χ1) is 11.4. The molecule has 0 spiro atoms. The Morgan fingerprint density at radius 2 is 1.46 bits per heavy atom. The zero-order valence-electron chi connectivity index (χ0n) is 14.5. The molecule has 4 fully saturated rings. The highest BCUT2D eigenvalue weighted by Crippen LogP contribution is 2.60. The molecule has 4 saturated carbocycles. The third-order valence-electron chi connectivity index (χ3n) is 6.41. The molecule has 1 aromatic carbocycles. The minimum atomic E-state index is -0.148. The average molecular weight is 326 g/mol. The smallest absolute Gasteiger partial charge is 0.230 e. The molecule has 4 aliphatic rings. The minimum Gasteiger partial charge on any atom is -0.326 e. The summed E-state index contributed by atoms with van der Waals surface area (Å²) in [7, 11) is 0. The lowest BCUT2D eigenvalue weighted by Crippen LogP contribution is -2.51. The standard InChI is InChI=1S/C20H26N2O2/c1-12-17(21-13(2)23)4-3-5-18(12)22-19(24)20-9-14-6-15(10-20)8-16(7-14)11-20/h3-5,14-16H,6-11H2,1-2H3,(H,21,23)(H,22,24). The van der Waals surface area contributed by atoms with Crippen LogP contribution in [-0.2, 0) is 9.59 Å². The van der Waals surface area contributed by atoms with Gasteiger partial charge in [0.15, 0.2) is 0 Å². The van der Waals surface area contributed by atoms with Crippen LogP contribution in [0.4, 0.5) is 11.4 Å². The third-order valence-corrected chi connectivity index (χ3v) is 6.41. The van der Waals surface area contributed by atoms with Crippen molar-refractivity contribution in [1.82, 2.24) is 0 Å². The number of anilines is 2. The van der Waals surface area contributed by atoms with Crippen LogP contribution in [0.1, 0.15) is 51.0 Å². The number of rotatable bonds is 3. The molecule has 24 heavy (non-hydrogen) atoms. The molecule has 1 aromatic rings. The highest BCUT2D eigenvalue weighted by atomic mass is 16.2. The van der Waals surface area contributed by atoms with Crippen LogP contribution in [0.3, 0.4) is 0 Å². The molecule has 2 N–H and O–H groups in total. The first kappa shape index (κ1) is 15.7. The Hall–Kier alpha value is -1.84. The zero-order chi connectivity index (χ0) is 16.9. The molecule has 4 bridgehead atoms. The lowest BCUT2D eigenvalue weighted by Gasteiger charge is -2.55. The van der Waals surface area contributed by atoms with E-state index in [0.717, 1.165) is 54.0 Å². The van der Waals surface area contributed by atoms with Crippen molar-refractivity contribution < 1.29 is 9.59 Å². The molecule has 0 heterocycles. The van der Waals surface area contributed by atoms with E-state index in [0.29, 0.717) is 0 Å². The van der Waals surface area contributed by atoms with Crippen LogP contribution in [0.5, 0.6) is 0 Å². The molecule has 0 unspecified atom stereocenters.